The Labute approximate surface area is 84.3 Å². The van der Waals surface area contributed by atoms with E-state index in [9.17, 15) is 0 Å². The first-order valence-corrected chi connectivity index (χ1v) is 5.00. The first-order valence-electron chi connectivity index (χ1n) is 5.00. The third kappa shape index (κ3) is 2.10. The number of nitrogens with zero attached hydrogens (tertiary/aromatic N) is 2. The van der Waals surface area contributed by atoms with Crippen molar-refractivity contribution in [3.8, 4) is 0 Å². The highest BCUT2D eigenvalue weighted by Gasteiger charge is 2.26. The SMILES string of the molecule is C=CCNc1cc(C)nc(C2CC2)n1. The van der Waals surface area contributed by atoms with Gasteiger partial charge in [0.25, 0.3) is 0 Å². The van der Waals surface area contributed by atoms with E-state index < -0.39 is 0 Å². The molecule has 0 amide bonds. The summed E-state index contributed by atoms with van der Waals surface area (Å²) in [5.41, 5.74) is 1.04. The molecule has 0 spiro atoms. The summed E-state index contributed by atoms with van der Waals surface area (Å²) < 4.78 is 0. The van der Waals surface area contributed by atoms with Crippen LogP contribution in [0.2, 0.25) is 0 Å². The molecule has 74 valence electrons. The minimum Gasteiger partial charge on any atom is -0.366 e. The van der Waals surface area contributed by atoms with Crippen LogP contribution in [-0.4, -0.2) is 16.5 Å². The van der Waals surface area contributed by atoms with E-state index in [1.165, 1.54) is 12.8 Å². The van der Waals surface area contributed by atoms with E-state index in [1.807, 2.05) is 19.1 Å². The highest BCUT2D eigenvalue weighted by atomic mass is 15.0. The number of aromatic nitrogens is 2. The van der Waals surface area contributed by atoms with E-state index in [-0.39, 0.29) is 0 Å². The summed E-state index contributed by atoms with van der Waals surface area (Å²) in [5, 5.41) is 3.19. The Kier molecular flexibility index (Phi) is 2.48. The monoisotopic (exact) mass is 189 g/mol. The van der Waals surface area contributed by atoms with Gasteiger partial charge < -0.3 is 5.32 Å². The van der Waals surface area contributed by atoms with Crippen molar-refractivity contribution in [2.24, 2.45) is 0 Å². The van der Waals surface area contributed by atoms with E-state index in [0.717, 1.165) is 23.9 Å². The van der Waals surface area contributed by atoms with Crippen molar-refractivity contribution in [2.75, 3.05) is 11.9 Å². The highest BCUT2D eigenvalue weighted by molar-refractivity contribution is 5.37. The molecule has 0 aliphatic heterocycles. The molecule has 14 heavy (non-hydrogen) atoms. The summed E-state index contributed by atoms with van der Waals surface area (Å²) in [6.07, 6.45) is 4.31. The second-order valence-corrected chi connectivity index (χ2v) is 3.70. The topological polar surface area (TPSA) is 37.8 Å². The Morgan fingerprint density at radius 2 is 2.36 bits per heavy atom. The van der Waals surface area contributed by atoms with E-state index >= 15 is 0 Å². The lowest BCUT2D eigenvalue weighted by molar-refractivity contribution is 0.906. The molecule has 0 bridgehead atoms. The molecular weight excluding hydrogens is 174 g/mol. The zero-order chi connectivity index (χ0) is 9.97. The lowest BCUT2D eigenvalue weighted by Gasteiger charge is -2.05. The minimum atomic E-state index is 0.610. The second kappa shape index (κ2) is 3.78. The predicted molar refractivity (Wildman–Crippen MR) is 57.4 cm³/mol. The molecule has 1 aliphatic rings. The van der Waals surface area contributed by atoms with Gasteiger partial charge in [-0.05, 0) is 19.8 Å². The summed E-state index contributed by atoms with van der Waals surface area (Å²) in [4.78, 5) is 8.89. The van der Waals surface area contributed by atoms with E-state index in [0.29, 0.717) is 5.92 Å². The van der Waals surface area contributed by atoms with Gasteiger partial charge >= 0.3 is 0 Å². The van der Waals surface area contributed by atoms with Crippen molar-refractivity contribution in [1.29, 1.82) is 0 Å². The van der Waals surface area contributed by atoms with Gasteiger partial charge in [-0.3, -0.25) is 0 Å². The van der Waals surface area contributed by atoms with Crippen LogP contribution in [0, 0.1) is 6.92 Å². The normalized spacial score (nSPS) is 15.2. The molecule has 3 nitrogen and oxygen atoms in total. The fourth-order valence-electron chi connectivity index (χ4n) is 1.38. The number of aryl methyl sites for hydroxylation is 1. The maximum atomic E-state index is 4.46. The Bertz CT molecular complexity index is 342. The Morgan fingerprint density at radius 1 is 1.57 bits per heavy atom. The smallest absolute Gasteiger partial charge is 0.134 e. The summed E-state index contributed by atoms with van der Waals surface area (Å²) in [5.74, 6) is 2.52. The standard InChI is InChI=1S/C11H15N3/c1-3-6-12-10-7-8(2)13-11(14-10)9-4-5-9/h3,7,9H,1,4-6H2,2H3,(H,12,13,14). The second-order valence-electron chi connectivity index (χ2n) is 3.70. The molecule has 0 unspecified atom stereocenters. The number of anilines is 1. The summed E-state index contributed by atoms with van der Waals surface area (Å²) in [6.45, 7) is 6.42. The Balaban J connectivity index is 2.17. The molecule has 0 aromatic carbocycles. The van der Waals surface area contributed by atoms with Crippen LogP contribution in [0.1, 0.15) is 30.3 Å². The maximum absolute atomic E-state index is 4.46. The lowest BCUT2D eigenvalue weighted by atomic mass is 10.3. The molecule has 0 saturated heterocycles. The van der Waals surface area contributed by atoms with Gasteiger partial charge in [0.05, 0.1) is 0 Å². The van der Waals surface area contributed by atoms with Gasteiger partial charge in [0, 0.05) is 24.2 Å². The molecule has 1 saturated carbocycles. The quantitative estimate of drug-likeness (QED) is 0.738. The molecule has 0 radical (unpaired) electrons. The van der Waals surface area contributed by atoms with Gasteiger partial charge in [-0.1, -0.05) is 6.08 Å². The fraction of sp³-hybridized carbons (Fsp3) is 0.455. The van der Waals surface area contributed by atoms with Crippen LogP contribution >= 0.6 is 0 Å². The van der Waals surface area contributed by atoms with Crippen LogP contribution in [0.5, 0.6) is 0 Å². The van der Waals surface area contributed by atoms with Crippen LogP contribution in [0.15, 0.2) is 18.7 Å². The maximum Gasteiger partial charge on any atom is 0.134 e. The van der Waals surface area contributed by atoms with Crippen molar-refractivity contribution in [3.05, 3.63) is 30.2 Å². The van der Waals surface area contributed by atoms with Crippen molar-refractivity contribution in [1.82, 2.24) is 9.97 Å². The lowest BCUT2D eigenvalue weighted by Crippen LogP contribution is -2.04. The largest absolute Gasteiger partial charge is 0.366 e. The summed E-state index contributed by atoms with van der Waals surface area (Å²) in [7, 11) is 0. The Morgan fingerprint density at radius 3 is 3.00 bits per heavy atom. The first kappa shape index (κ1) is 9.19. The van der Waals surface area contributed by atoms with E-state index in [1.54, 1.807) is 0 Å². The van der Waals surface area contributed by atoms with Gasteiger partial charge in [-0.15, -0.1) is 6.58 Å². The van der Waals surface area contributed by atoms with Gasteiger partial charge in [0.2, 0.25) is 0 Å². The molecule has 1 aromatic heterocycles. The van der Waals surface area contributed by atoms with E-state index in [2.05, 4.69) is 21.9 Å². The first-order chi connectivity index (χ1) is 6.79. The zero-order valence-electron chi connectivity index (χ0n) is 8.45. The molecule has 1 heterocycles. The third-order valence-corrected chi connectivity index (χ3v) is 2.24. The molecule has 1 fully saturated rings. The highest BCUT2D eigenvalue weighted by Crippen LogP contribution is 2.38. The third-order valence-electron chi connectivity index (χ3n) is 2.24. The molecular formula is C11H15N3. The summed E-state index contributed by atoms with van der Waals surface area (Å²) in [6, 6.07) is 1.97. The number of nitrogens with one attached hydrogen (secondary N) is 1. The number of hydrogen-bond acceptors (Lipinski definition) is 3. The predicted octanol–water partition coefficient (Wildman–Crippen LogP) is 2.26. The fourth-order valence-corrected chi connectivity index (χ4v) is 1.38. The van der Waals surface area contributed by atoms with Crippen molar-refractivity contribution < 1.29 is 0 Å². The van der Waals surface area contributed by atoms with Gasteiger partial charge in [0.15, 0.2) is 0 Å². The van der Waals surface area contributed by atoms with Crippen LogP contribution in [0.25, 0.3) is 0 Å². The molecule has 0 atom stereocenters. The molecule has 2 rings (SSSR count). The molecule has 3 heteroatoms. The van der Waals surface area contributed by atoms with Gasteiger partial charge in [0.1, 0.15) is 11.6 Å². The zero-order valence-corrected chi connectivity index (χ0v) is 8.45. The summed E-state index contributed by atoms with van der Waals surface area (Å²) >= 11 is 0. The van der Waals surface area contributed by atoms with Gasteiger partial charge in [-0.25, -0.2) is 9.97 Å². The van der Waals surface area contributed by atoms with Crippen LogP contribution < -0.4 is 5.32 Å². The van der Waals surface area contributed by atoms with Crippen molar-refractivity contribution >= 4 is 5.82 Å². The average Bonchev–Trinajstić information content (AvgIpc) is 2.97. The van der Waals surface area contributed by atoms with E-state index in [4.69, 9.17) is 0 Å². The average molecular weight is 189 g/mol. The molecule has 1 aliphatic carbocycles. The van der Waals surface area contributed by atoms with Gasteiger partial charge in [-0.2, -0.15) is 0 Å². The van der Waals surface area contributed by atoms with Crippen molar-refractivity contribution in [2.45, 2.75) is 25.7 Å². The van der Waals surface area contributed by atoms with Crippen molar-refractivity contribution in [3.63, 3.8) is 0 Å². The number of hydrogen-bond donors (Lipinski definition) is 1. The Hall–Kier alpha value is -1.38. The van der Waals surface area contributed by atoms with Crippen LogP contribution in [0.4, 0.5) is 5.82 Å². The van der Waals surface area contributed by atoms with Crippen LogP contribution in [0.3, 0.4) is 0 Å². The van der Waals surface area contributed by atoms with Crippen LogP contribution in [-0.2, 0) is 0 Å². The molecule has 1 N–H and O–H groups in total. The number of rotatable bonds is 4. The minimum absolute atomic E-state index is 0.610. The molecule has 1 aromatic rings.